The second-order valence-corrected chi connectivity index (χ2v) is 25.5. The molecule has 4 amide bonds. The number of piperazine rings is 2. The van der Waals surface area contributed by atoms with Gasteiger partial charge in [0.1, 0.15) is 35.6 Å². The lowest BCUT2D eigenvalue weighted by atomic mass is 9.86. The Morgan fingerprint density at radius 1 is 0.699 bits per heavy atom. The molecule has 3 aromatic heterocycles. The topological polar surface area (TPSA) is 292 Å². The number of pyridine rings is 1. The van der Waals surface area contributed by atoms with Crippen molar-refractivity contribution in [3.05, 3.63) is 178 Å². The Kier molecular flexibility index (Phi) is 19.3. The number of thiazole rings is 2. The summed E-state index contributed by atoms with van der Waals surface area (Å²) in [5.74, 6) is -2.81. The van der Waals surface area contributed by atoms with Crippen molar-refractivity contribution < 1.29 is 57.2 Å². The Morgan fingerprint density at radius 2 is 1.22 bits per heavy atom. The van der Waals surface area contributed by atoms with Crippen molar-refractivity contribution in [3.8, 4) is 6.07 Å². The molecule has 6 aliphatic rings. The highest BCUT2D eigenvalue weighted by molar-refractivity contribution is 7.12. The third-order valence-electron chi connectivity index (χ3n) is 16.9. The van der Waals surface area contributed by atoms with Crippen LogP contribution in [-0.2, 0) is 40.5 Å². The van der Waals surface area contributed by atoms with Crippen LogP contribution < -0.4 is 20.4 Å². The van der Waals surface area contributed by atoms with Gasteiger partial charge in [-0.15, -0.1) is 22.7 Å². The normalized spacial score (nSPS) is 20.0. The van der Waals surface area contributed by atoms with Crippen LogP contribution in [0.3, 0.4) is 0 Å². The van der Waals surface area contributed by atoms with E-state index in [9.17, 15) is 47.9 Å². The van der Waals surface area contributed by atoms with Crippen molar-refractivity contribution in [2.24, 2.45) is 9.98 Å². The lowest BCUT2D eigenvalue weighted by Crippen LogP contribution is -2.53. The van der Waals surface area contributed by atoms with Gasteiger partial charge in [0.2, 0.25) is 0 Å². The number of ether oxygens (including phenoxy) is 2. The molecule has 24 nitrogen and oxygen atoms in total. The van der Waals surface area contributed by atoms with Gasteiger partial charge >= 0.3 is 35.9 Å². The zero-order valence-electron chi connectivity index (χ0n) is 50.4. The minimum absolute atomic E-state index is 0.0591. The molecular weight excluding hydrogens is 1290 g/mol. The predicted octanol–water partition coefficient (Wildman–Crippen LogP) is 7.81. The number of carboxylic acid groups (broad SMARTS) is 2. The molecule has 0 bridgehead atoms. The molecule has 12 rings (SSSR count). The van der Waals surface area contributed by atoms with Crippen molar-refractivity contribution >= 4 is 105 Å². The predicted molar refractivity (Wildman–Crippen MR) is 341 cm³/mol. The fourth-order valence-electron chi connectivity index (χ4n) is 12.0. The summed E-state index contributed by atoms with van der Waals surface area (Å²) in [5, 5.41) is 40.1. The van der Waals surface area contributed by atoms with E-state index in [-0.39, 0.29) is 64.7 Å². The number of rotatable bonds is 17. The Labute approximate surface area is 549 Å². The summed E-state index contributed by atoms with van der Waals surface area (Å²) < 4.78 is 38.3. The van der Waals surface area contributed by atoms with Gasteiger partial charge in [-0.2, -0.15) is 5.26 Å². The molecule has 4 saturated heterocycles. The minimum atomic E-state index is -1.12. The molecule has 9 heterocycles. The average Bonchev–Trinajstić information content (AvgIpc) is 1.79. The molecule has 4 atom stereocenters. The fourth-order valence-corrected chi connectivity index (χ4v) is 13.7. The van der Waals surface area contributed by atoms with Gasteiger partial charge in [-0.05, 0) is 73.9 Å². The SMILES string of the molecule is COC(=O)C1=C(CN2CCN3C(=O)N(c4ccc(C(C)(C)C(=O)O)cn4)C[C@@H]3C2)NC(c2nccs2)=N[C@H]1c1ccc(F)cc1Cl.COC(=O)C1=C(CN2CCN3C(=O)N(c4ccc(CCC(=O)O)cc4C#N)C[C@@H]3C2)NC(c2nccs2)=N[C@H]1c1ccc(F)cc1Cl. The fraction of sp³-hybridized carbons (Fsp3) is 0.333. The number of amides is 4. The first-order valence-electron chi connectivity index (χ1n) is 29.2. The van der Waals surface area contributed by atoms with Gasteiger partial charge in [-0.25, -0.2) is 42.9 Å². The summed E-state index contributed by atoms with van der Waals surface area (Å²) in [6.07, 6.45) is 5.02. The number of fused-ring (bicyclic) bond motifs is 2. The number of nitrogens with one attached hydrogen (secondary N) is 2. The number of carboxylic acids is 2. The van der Waals surface area contributed by atoms with E-state index in [4.69, 9.17) is 47.8 Å². The van der Waals surface area contributed by atoms with Crippen LogP contribution in [0.4, 0.5) is 29.9 Å². The van der Waals surface area contributed by atoms with E-state index < -0.39 is 53.0 Å². The second-order valence-electron chi connectivity index (χ2n) is 22.9. The number of aryl methyl sites for hydroxylation is 1. The molecule has 4 fully saturated rings. The maximum atomic E-state index is 14.0. The summed E-state index contributed by atoms with van der Waals surface area (Å²) in [6.45, 7) is 7.41. The number of halogens is 4. The largest absolute Gasteiger partial charge is 0.481 e. The third kappa shape index (κ3) is 13.7. The average molecular weight is 1350 g/mol. The van der Waals surface area contributed by atoms with E-state index in [0.717, 1.165) is 0 Å². The first-order chi connectivity index (χ1) is 44.6. The molecule has 4 N–H and O–H groups in total. The van der Waals surface area contributed by atoms with Gasteiger partial charge in [0, 0.05) is 127 Å². The summed E-state index contributed by atoms with van der Waals surface area (Å²) in [5.41, 5.74) is 3.34. The lowest BCUT2D eigenvalue weighted by molar-refractivity contribution is -0.142. The van der Waals surface area contributed by atoms with Crippen LogP contribution in [0.1, 0.15) is 70.2 Å². The number of aliphatic carboxylic acids is 2. The second kappa shape index (κ2) is 27.5. The van der Waals surface area contributed by atoms with Crippen LogP contribution in [0.2, 0.25) is 10.0 Å². The van der Waals surface area contributed by atoms with Crippen LogP contribution in [0, 0.1) is 23.0 Å². The smallest absolute Gasteiger partial charge is 0.338 e. The van der Waals surface area contributed by atoms with Crippen LogP contribution in [0.25, 0.3) is 0 Å². The minimum Gasteiger partial charge on any atom is -0.481 e. The molecule has 482 valence electrons. The Morgan fingerprint density at radius 3 is 1.66 bits per heavy atom. The Bertz CT molecular complexity index is 4110. The number of aromatic nitrogens is 3. The van der Waals surface area contributed by atoms with Gasteiger partial charge in [0.05, 0.1) is 60.7 Å². The van der Waals surface area contributed by atoms with E-state index in [1.54, 1.807) is 76.2 Å². The monoisotopic (exact) mass is 1340 g/mol. The van der Waals surface area contributed by atoms with Gasteiger partial charge < -0.3 is 40.1 Å². The maximum absolute atomic E-state index is 14.0. The molecule has 30 heteroatoms. The van der Waals surface area contributed by atoms with Gasteiger partial charge in [-0.3, -0.25) is 39.2 Å². The number of amidine groups is 2. The number of anilines is 2. The van der Waals surface area contributed by atoms with Gasteiger partial charge in [-0.1, -0.05) is 47.5 Å². The number of carbonyl (C=O) groups is 6. The summed E-state index contributed by atoms with van der Waals surface area (Å²) in [7, 11) is 2.57. The molecule has 6 aromatic rings. The van der Waals surface area contributed by atoms with Crippen molar-refractivity contribution in [1.82, 2.24) is 45.2 Å². The van der Waals surface area contributed by atoms with Crippen molar-refractivity contribution in [2.45, 2.75) is 56.3 Å². The van der Waals surface area contributed by atoms with Gasteiger partial charge in [0.15, 0.2) is 21.7 Å². The first kappa shape index (κ1) is 65.3. The molecule has 0 unspecified atom stereocenters. The molecule has 0 spiro atoms. The molecule has 0 saturated carbocycles. The zero-order chi connectivity index (χ0) is 66.0. The number of hydrogen-bond donors (Lipinski definition) is 4. The number of benzene rings is 3. The molecule has 3 aromatic carbocycles. The molecule has 93 heavy (non-hydrogen) atoms. The number of aliphatic imine (C=N–C) groups is 2. The molecular formula is C63H60Cl2F2N14O10S2. The maximum Gasteiger partial charge on any atom is 0.338 e. The third-order valence-corrected chi connectivity index (χ3v) is 19.1. The van der Waals surface area contributed by atoms with Crippen LogP contribution >= 0.6 is 45.9 Å². The van der Waals surface area contributed by atoms with Crippen molar-refractivity contribution in [1.29, 1.82) is 5.26 Å². The standard InChI is InChI=1S/C32H29ClFN7O5S.C31H31ClFN7O5S/c1-46-31(44)27-24(37-29(30-36-8-11-47-30)38-28(27)22-5-4-20(34)13-23(22)33)17-39-9-10-40-21(15-39)16-41(32(40)45)25-6-2-18(3-7-26(42)43)12-19(25)14-35;1-31(2,29(42)43)17-4-7-23(35-13-17)40-15-19-14-38(9-10-39(19)30(40)44)16-22-24(28(41)45-3)25(20-6-5-18(33)12-21(20)32)37-26(36-22)27-34-8-11-46-27/h2,4-6,8,11-13,21,28H,3,7,9-10,15-17H2,1H3,(H,37,38)(H,42,43);4-8,11-13,19,25H,9-10,14-16H2,1-3H3,(H,36,37)(H,42,43)/t21-,28-;19-,25-/m00/s1. The highest BCUT2D eigenvalue weighted by atomic mass is 35.5. The summed E-state index contributed by atoms with van der Waals surface area (Å²) >= 11 is 15.7. The van der Waals surface area contributed by atoms with Crippen LogP contribution in [0.15, 0.2) is 129 Å². The van der Waals surface area contributed by atoms with E-state index >= 15 is 0 Å². The van der Waals surface area contributed by atoms with Crippen LogP contribution in [-0.4, -0.2) is 184 Å². The summed E-state index contributed by atoms with van der Waals surface area (Å²) in [4.78, 5) is 110. The number of nitriles is 1. The lowest BCUT2D eigenvalue weighted by Gasteiger charge is -2.38. The van der Waals surface area contributed by atoms with E-state index in [0.29, 0.717) is 131 Å². The number of urea groups is 2. The number of nitrogens with zero attached hydrogens (tertiary/aromatic N) is 12. The highest BCUT2D eigenvalue weighted by Gasteiger charge is 2.45. The number of hydrogen-bond acceptors (Lipinski definition) is 20. The molecule has 0 radical (unpaired) electrons. The Balaban J connectivity index is 0.000000190. The van der Waals surface area contributed by atoms with E-state index in [1.807, 2.05) is 10.8 Å². The number of esters is 2. The van der Waals surface area contributed by atoms with E-state index in [1.165, 1.54) is 79.5 Å². The van der Waals surface area contributed by atoms with Crippen LogP contribution in [0.5, 0.6) is 0 Å². The number of carbonyl (C=O) groups excluding carboxylic acids is 4. The van der Waals surface area contributed by atoms with Crippen molar-refractivity contribution in [3.63, 3.8) is 0 Å². The van der Waals surface area contributed by atoms with Crippen molar-refractivity contribution in [2.75, 3.05) is 89.5 Å². The molecule has 0 aliphatic carbocycles. The number of methoxy groups -OCH3 is 2. The first-order valence-corrected chi connectivity index (χ1v) is 31.7. The quantitative estimate of drug-likeness (QED) is 0.0633. The Hall–Kier alpha value is -9.24. The summed E-state index contributed by atoms with van der Waals surface area (Å²) in [6, 6.07) is 16.0. The molecule has 6 aliphatic heterocycles. The highest BCUT2D eigenvalue weighted by Crippen LogP contribution is 2.40. The van der Waals surface area contributed by atoms with Gasteiger partial charge in [0.25, 0.3) is 0 Å². The zero-order valence-corrected chi connectivity index (χ0v) is 53.5. The van der Waals surface area contributed by atoms with E-state index in [2.05, 4.69) is 41.5 Å².